The van der Waals surface area contributed by atoms with Crippen LogP contribution in [0, 0.1) is 6.92 Å². The van der Waals surface area contributed by atoms with Gasteiger partial charge < -0.3 is 11.1 Å². The van der Waals surface area contributed by atoms with E-state index in [9.17, 15) is 0 Å². The Labute approximate surface area is 114 Å². The van der Waals surface area contributed by atoms with E-state index in [2.05, 4.69) is 34.6 Å². The maximum absolute atomic E-state index is 5.91. The first-order valence-electron chi connectivity index (χ1n) is 6.38. The van der Waals surface area contributed by atoms with Gasteiger partial charge in [-0.3, -0.25) is 0 Å². The molecule has 2 rings (SSSR count). The van der Waals surface area contributed by atoms with Crippen LogP contribution in [-0.4, -0.2) is 22.3 Å². The molecule has 0 spiro atoms. The van der Waals surface area contributed by atoms with Gasteiger partial charge in [0.05, 0.1) is 5.69 Å². The van der Waals surface area contributed by atoms with Gasteiger partial charge in [-0.05, 0) is 39.0 Å². The molecule has 0 saturated heterocycles. The molecule has 0 unspecified atom stereocenters. The molecule has 0 aliphatic rings. The summed E-state index contributed by atoms with van der Waals surface area (Å²) in [6.07, 6.45) is 0. The van der Waals surface area contributed by atoms with Gasteiger partial charge in [-0.1, -0.05) is 23.8 Å². The maximum atomic E-state index is 5.91. The number of anilines is 1. The molecule has 19 heavy (non-hydrogen) atoms. The monoisotopic (exact) mass is 256 g/mol. The second-order valence-electron chi connectivity index (χ2n) is 5.52. The summed E-state index contributed by atoms with van der Waals surface area (Å²) in [7, 11) is 0. The molecule has 0 saturated carbocycles. The Morgan fingerprint density at radius 2 is 1.95 bits per heavy atom. The van der Waals surface area contributed by atoms with E-state index >= 15 is 0 Å². The number of hydrogen-bond acceptors (Lipinski definition) is 4. The summed E-state index contributed by atoms with van der Waals surface area (Å²) in [6.45, 7) is 6.66. The number of aryl methyl sites for hydroxylation is 1. The molecule has 4 heteroatoms. The third-order valence-electron chi connectivity index (χ3n) is 2.70. The minimum absolute atomic E-state index is 0.267. The molecule has 0 aliphatic carbocycles. The zero-order valence-corrected chi connectivity index (χ0v) is 11.6. The first-order valence-corrected chi connectivity index (χ1v) is 6.38. The quantitative estimate of drug-likeness (QED) is 0.882. The second-order valence-corrected chi connectivity index (χ2v) is 5.52. The molecule has 2 aromatic rings. The van der Waals surface area contributed by atoms with Crippen LogP contribution in [0.2, 0.25) is 0 Å². The van der Waals surface area contributed by atoms with Gasteiger partial charge in [0, 0.05) is 17.6 Å². The van der Waals surface area contributed by atoms with Crippen molar-refractivity contribution in [2.45, 2.75) is 26.3 Å². The second kappa shape index (κ2) is 5.36. The third kappa shape index (κ3) is 4.03. The number of nitrogens with two attached hydrogens (primary N) is 1. The van der Waals surface area contributed by atoms with Gasteiger partial charge in [0.2, 0.25) is 0 Å². The number of nitrogens with one attached hydrogen (secondary N) is 1. The molecule has 3 N–H and O–H groups in total. The highest BCUT2D eigenvalue weighted by atomic mass is 15.2. The molecule has 1 heterocycles. The Morgan fingerprint density at radius 1 is 1.16 bits per heavy atom. The average molecular weight is 256 g/mol. The standard InChI is InChI=1S/C15H20N4/c1-11-5-4-6-12(9-11)13-7-8-14(19-18-13)17-10-15(2,3)16/h4-9H,10,16H2,1-3H3,(H,17,19). The summed E-state index contributed by atoms with van der Waals surface area (Å²) in [5.74, 6) is 0.745. The first kappa shape index (κ1) is 13.5. The van der Waals surface area contributed by atoms with Crippen molar-refractivity contribution in [2.75, 3.05) is 11.9 Å². The maximum Gasteiger partial charge on any atom is 0.148 e. The Kier molecular flexibility index (Phi) is 3.81. The van der Waals surface area contributed by atoms with E-state index in [4.69, 9.17) is 5.73 Å². The van der Waals surface area contributed by atoms with E-state index in [-0.39, 0.29) is 5.54 Å². The number of rotatable bonds is 4. The predicted molar refractivity (Wildman–Crippen MR) is 79.0 cm³/mol. The van der Waals surface area contributed by atoms with Crippen LogP contribution in [0.4, 0.5) is 5.82 Å². The largest absolute Gasteiger partial charge is 0.367 e. The van der Waals surface area contributed by atoms with Crippen LogP contribution in [0.3, 0.4) is 0 Å². The van der Waals surface area contributed by atoms with Gasteiger partial charge in [-0.15, -0.1) is 10.2 Å². The predicted octanol–water partition coefficient (Wildman–Crippen LogP) is 2.60. The lowest BCUT2D eigenvalue weighted by Gasteiger charge is -2.19. The topological polar surface area (TPSA) is 63.8 Å². The van der Waals surface area contributed by atoms with Crippen molar-refractivity contribution in [1.82, 2.24) is 10.2 Å². The van der Waals surface area contributed by atoms with Crippen molar-refractivity contribution in [3.05, 3.63) is 42.0 Å². The van der Waals surface area contributed by atoms with Crippen molar-refractivity contribution in [3.63, 3.8) is 0 Å². The van der Waals surface area contributed by atoms with Crippen LogP contribution in [0.5, 0.6) is 0 Å². The Hall–Kier alpha value is -1.94. The highest BCUT2D eigenvalue weighted by Crippen LogP contribution is 2.18. The number of nitrogens with zero attached hydrogens (tertiary/aromatic N) is 2. The van der Waals surface area contributed by atoms with Gasteiger partial charge in [0.15, 0.2) is 0 Å². The van der Waals surface area contributed by atoms with E-state index < -0.39 is 0 Å². The van der Waals surface area contributed by atoms with E-state index in [0.717, 1.165) is 17.1 Å². The molecule has 0 amide bonds. The lowest BCUT2D eigenvalue weighted by atomic mass is 10.1. The molecule has 1 aromatic heterocycles. The zero-order chi connectivity index (χ0) is 13.9. The first-order chi connectivity index (χ1) is 8.94. The number of aromatic nitrogens is 2. The van der Waals surface area contributed by atoms with Crippen LogP contribution in [0.25, 0.3) is 11.3 Å². The fourth-order valence-electron chi connectivity index (χ4n) is 1.70. The fraction of sp³-hybridized carbons (Fsp3) is 0.333. The van der Waals surface area contributed by atoms with Crippen molar-refractivity contribution in [2.24, 2.45) is 5.73 Å². The Bertz CT molecular complexity index is 541. The molecular weight excluding hydrogens is 236 g/mol. The lowest BCUT2D eigenvalue weighted by Crippen LogP contribution is -2.39. The molecular formula is C15H20N4. The molecule has 0 aliphatic heterocycles. The van der Waals surface area contributed by atoms with Crippen molar-refractivity contribution in [3.8, 4) is 11.3 Å². The molecule has 100 valence electrons. The SMILES string of the molecule is Cc1cccc(-c2ccc(NCC(C)(C)N)nn2)c1. The Balaban J connectivity index is 2.10. The highest BCUT2D eigenvalue weighted by Gasteiger charge is 2.10. The smallest absolute Gasteiger partial charge is 0.148 e. The molecule has 1 aromatic carbocycles. The van der Waals surface area contributed by atoms with Crippen molar-refractivity contribution >= 4 is 5.82 Å². The van der Waals surface area contributed by atoms with E-state index in [0.29, 0.717) is 6.54 Å². The molecule has 0 radical (unpaired) electrons. The fourth-order valence-corrected chi connectivity index (χ4v) is 1.70. The van der Waals surface area contributed by atoms with E-state index in [1.807, 2.05) is 38.1 Å². The zero-order valence-electron chi connectivity index (χ0n) is 11.6. The summed E-state index contributed by atoms with van der Waals surface area (Å²) in [4.78, 5) is 0. The van der Waals surface area contributed by atoms with Gasteiger partial charge in [0.25, 0.3) is 0 Å². The number of hydrogen-bond donors (Lipinski definition) is 2. The minimum atomic E-state index is -0.267. The van der Waals surface area contributed by atoms with Crippen LogP contribution in [0.1, 0.15) is 19.4 Å². The minimum Gasteiger partial charge on any atom is -0.367 e. The lowest BCUT2D eigenvalue weighted by molar-refractivity contribution is 0.548. The van der Waals surface area contributed by atoms with Crippen LogP contribution < -0.4 is 11.1 Å². The summed E-state index contributed by atoms with van der Waals surface area (Å²) in [6, 6.07) is 12.1. The Morgan fingerprint density at radius 3 is 2.53 bits per heavy atom. The molecule has 0 bridgehead atoms. The van der Waals surface area contributed by atoms with Gasteiger partial charge in [-0.2, -0.15) is 0 Å². The summed E-state index contributed by atoms with van der Waals surface area (Å²) in [5.41, 5.74) is 8.82. The summed E-state index contributed by atoms with van der Waals surface area (Å²) >= 11 is 0. The molecule has 0 atom stereocenters. The molecule has 4 nitrogen and oxygen atoms in total. The number of benzene rings is 1. The van der Waals surface area contributed by atoms with Gasteiger partial charge in [-0.25, -0.2) is 0 Å². The summed E-state index contributed by atoms with van der Waals surface area (Å²) < 4.78 is 0. The van der Waals surface area contributed by atoms with Gasteiger partial charge in [0.1, 0.15) is 5.82 Å². The van der Waals surface area contributed by atoms with E-state index in [1.165, 1.54) is 5.56 Å². The van der Waals surface area contributed by atoms with Crippen LogP contribution in [0.15, 0.2) is 36.4 Å². The highest BCUT2D eigenvalue weighted by molar-refractivity contribution is 5.60. The average Bonchev–Trinajstić information content (AvgIpc) is 2.36. The molecule has 0 fully saturated rings. The van der Waals surface area contributed by atoms with Crippen LogP contribution >= 0.6 is 0 Å². The van der Waals surface area contributed by atoms with Crippen LogP contribution in [-0.2, 0) is 0 Å². The normalized spacial score (nSPS) is 11.4. The van der Waals surface area contributed by atoms with E-state index in [1.54, 1.807) is 0 Å². The van der Waals surface area contributed by atoms with Crippen molar-refractivity contribution < 1.29 is 0 Å². The van der Waals surface area contributed by atoms with Gasteiger partial charge >= 0.3 is 0 Å². The summed E-state index contributed by atoms with van der Waals surface area (Å²) in [5, 5.41) is 11.6. The third-order valence-corrected chi connectivity index (χ3v) is 2.70. The van der Waals surface area contributed by atoms with Crippen molar-refractivity contribution in [1.29, 1.82) is 0 Å².